The topological polar surface area (TPSA) is 72.4 Å². The summed E-state index contributed by atoms with van der Waals surface area (Å²) in [5.41, 5.74) is 2.66. The number of carboxylic acids is 1. The van der Waals surface area contributed by atoms with Crippen LogP contribution in [0.4, 0.5) is 0 Å². The third kappa shape index (κ3) is 1.46. The number of pyridine rings is 1. The molecule has 90 valence electrons. The van der Waals surface area contributed by atoms with Crippen molar-refractivity contribution >= 4 is 11.5 Å². The molecule has 6 heteroatoms. The molecule has 6 nitrogen and oxygen atoms in total. The molecule has 0 aliphatic heterocycles. The second-order valence-corrected chi connectivity index (χ2v) is 3.95. The first-order valence-electron chi connectivity index (χ1n) is 5.36. The summed E-state index contributed by atoms with van der Waals surface area (Å²) >= 11 is 0. The van der Waals surface area contributed by atoms with Crippen LogP contribution >= 0.6 is 0 Å². The van der Waals surface area contributed by atoms with E-state index in [1.54, 1.807) is 27.7 Å². The number of fused-ring (bicyclic) bond motifs is 1. The highest BCUT2D eigenvalue weighted by molar-refractivity contribution is 5.95. The SMILES string of the molecule is Cn1nccc1-c1ccc2c(C(=O)O)cnn2c1. The summed E-state index contributed by atoms with van der Waals surface area (Å²) in [7, 11) is 1.85. The predicted molar refractivity (Wildman–Crippen MR) is 64.4 cm³/mol. The van der Waals surface area contributed by atoms with Crippen molar-refractivity contribution in [3.05, 3.63) is 42.4 Å². The molecule has 0 aliphatic rings. The number of hydrogen-bond donors (Lipinski definition) is 1. The maximum atomic E-state index is 11.0. The highest BCUT2D eigenvalue weighted by atomic mass is 16.4. The van der Waals surface area contributed by atoms with Crippen molar-refractivity contribution in [3.63, 3.8) is 0 Å². The molecule has 0 atom stereocenters. The van der Waals surface area contributed by atoms with Crippen LogP contribution in [-0.2, 0) is 7.05 Å². The first kappa shape index (κ1) is 10.5. The second kappa shape index (κ2) is 3.69. The van der Waals surface area contributed by atoms with E-state index in [-0.39, 0.29) is 5.56 Å². The average Bonchev–Trinajstić information content (AvgIpc) is 2.93. The van der Waals surface area contributed by atoms with E-state index in [1.807, 2.05) is 19.2 Å². The minimum atomic E-state index is -0.974. The summed E-state index contributed by atoms with van der Waals surface area (Å²) in [5, 5.41) is 17.1. The van der Waals surface area contributed by atoms with Gasteiger partial charge in [-0.2, -0.15) is 10.2 Å². The van der Waals surface area contributed by atoms with E-state index in [1.165, 1.54) is 6.20 Å². The molecular formula is C12H10N4O2. The third-order valence-corrected chi connectivity index (χ3v) is 2.86. The summed E-state index contributed by atoms with van der Waals surface area (Å²) in [5.74, 6) is -0.974. The zero-order valence-corrected chi connectivity index (χ0v) is 9.61. The van der Waals surface area contributed by atoms with Crippen LogP contribution in [0.25, 0.3) is 16.8 Å². The summed E-state index contributed by atoms with van der Waals surface area (Å²) in [6.07, 6.45) is 4.86. The van der Waals surface area contributed by atoms with Crippen molar-refractivity contribution < 1.29 is 9.90 Å². The van der Waals surface area contributed by atoms with Crippen LogP contribution in [0.3, 0.4) is 0 Å². The molecule has 0 saturated heterocycles. The van der Waals surface area contributed by atoms with E-state index >= 15 is 0 Å². The molecule has 0 saturated carbocycles. The standard InChI is InChI=1S/C12H10N4O2/c1-15-10(4-5-13-15)8-2-3-11-9(12(17)18)6-14-16(11)7-8/h2-7H,1H3,(H,17,18). The van der Waals surface area contributed by atoms with Crippen LogP contribution < -0.4 is 0 Å². The number of aromatic nitrogens is 4. The smallest absolute Gasteiger partial charge is 0.339 e. The van der Waals surface area contributed by atoms with Gasteiger partial charge >= 0.3 is 5.97 Å². The third-order valence-electron chi connectivity index (χ3n) is 2.86. The molecule has 0 bridgehead atoms. The van der Waals surface area contributed by atoms with Gasteiger partial charge in [0, 0.05) is 25.0 Å². The minimum absolute atomic E-state index is 0.201. The molecule has 1 N–H and O–H groups in total. The van der Waals surface area contributed by atoms with Gasteiger partial charge in [-0.05, 0) is 18.2 Å². The van der Waals surface area contributed by atoms with Crippen molar-refractivity contribution in [1.82, 2.24) is 19.4 Å². The Morgan fingerprint density at radius 3 is 2.78 bits per heavy atom. The Bertz CT molecular complexity index is 741. The Labute approximate surface area is 102 Å². The van der Waals surface area contributed by atoms with E-state index in [0.717, 1.165) is 11.3 Å². The van der Waals surface area contributed by atoms with Crippen LogP contribution in [0, 0.1) is 0 Å². The van der Waals surface area contributed by atoms with E-state index in [2.05, 4.69) is 10.2 Å². The van der Waals surface area contributed by atoms with Gasteiger partial charge in [0.1, 0.15) is 5.56 Å². The molecule has 3 aromatic heterocycles. The van der Waals surface area contributed by atoms with E-state index in [0.29, 0.717) is 5.52 Å². The minimum Gasteiger partial charge on any atom is -0.478 e. The fourth-order valence-corrected chi connectivity index (χ4v) is 1.96. The van der Waals surface area contributed by atoms with Crippen LogP contribution in [0.1, 0.15) is 10.4 Å². The van der Waals surface area contributed by atoms with Crippen molar-refractivity contribution in [2.45, 2.75) is 0 Å². The Morgan fingerprint density at radius 1 is 1.28 bits per heavy atom. The normalized spacial score (nSPS) is 10.9. The molecule has 0 spiro atoms. The molecular weight excluding hydrogens is 232 g/mol. The van der Waals surface area contributed by atoms with Gasteiger partial charge < -0.3 is 5.11 Å². The molecule has 3 rings (SSSR count). The Hall–Kier alpha value is -2.63. The van der Waals surface area contributed by atoms with Gasteiger partial charge in [-0.3, -0.25) is 4.68 Å². The Morgan fingerprint density at radius 2 is 2.11 bits per heavy atom. The summed E-state index contributed by atoms with van der Waals surface area (Å²) in [4.78, 5) is 11.0. The van der Waals surface area contributed by atoms with Crippen LogP contribution in [-0.4, -0.2) is 30.5 Å². The average molecular weight is 242 g/mol. The van der Waals surface area contributed by atoms with Gasteiger partial charge in [0.25, 0.3) is 0 Å². The fraction of sp³-hybridized carbons (Fsp3) is 0.0833. The lowest BCUT2D eigenvalue weighted by Gasteiger charge is -2.03. The van der Waals surface area contributed by atoms with Crippen LogP contribution in [0.5, 0.6) is 0 Å². The van der Waals surface area contributed by atoms with E-state index < -0.39 is 5.97 Å². The number of aromatic carboxylic acids is 1. The maximum absolute atomic E-state index is 11.0. The zero-order chi connectivity index (χ0) is 12.7. The van der Waals surface area contributed by atoms with Crippen LogP contribution in [0.15, 0.2) is 36.8 Å². The first-order valence-corrected chi connectivity index (χ1v) is 5.36. The molecule has 18 heavy (non-hydrogen) atoms. The highest BCUT2D eigenvalue weighted by Gasteiger charge is 2.12. The first-order chi connectivity index (χ1) is 8.66. The molecule has 0 fully saturated rings. The maximum Gasteiger partial charge on any atom is 0.339 e. The van der Waals surface area contributed by atoms with Gasteiger partial charge in [0.2, 0.25) is 0 Å². The van der Waals surface area contributed by atoms with Gasteiger partial charge in [-0.1, -0.05) is 0 Å². The van der Waals surface area contributed by atoms with Crippen molar-refractivity contribution in [1.29, 1.82) is 0 Å². The summed E-state index contributed by atoms with van der Waals surface area (Å²) in [6, 6.07) is 5.50. The second-order valence-electron chi connectivity index (χ2n) is 3.95. The van der Waals surface area contributed by atoms with E-state index in [4.69, 9.17) is 5.11 Å². The molecule has 0 radical (unpaired) electrons. The zero-order valence-electron chi connectivity index (χ0n) is 9.61. The number of nitrogens with zero attached hydrogens (tertiary/aromatic N) is 4. The van der Waals surface area contributed by atoms with Crippen LogP contribution in [0.2, 0.25) is 0 Å². The molecule has 3 heterocycles. The largest absolute Gasteiger partial charge is 0.478 e. The monoisotopic (exact) mass is 242 g/mol. The van der Waals surface area contributed by atoms with Gasteiger partial charge in [0.05, 0.1) is 17.4 Å². The number of carboxylic acid groups (broad SMARTS) is 1. The molecule has 0 amide bonds. The Kier molecular flexibility index (Phi) is 2.16. The van der Waals surface area contributed by atoms with Crippen molar-refractivity contribution in [2.24, 2.45) is 7.05 Å². The number of hydrogen-bond acceptors (Lipinski definition) is 3. The molecule has 0 aliphatic carbocycles. The summed E-state index contributed by atoms with van der Waals surface area (Å²) < 4.78 is 3.31. The predicted octanol–water partition coefficient (Wildman–Crippen LogP) is 1.43. The van der Waals surface area contributed by atoms with Crippen molar-refractivity contribution in [2.75, 3.05) is 0 Å². The molecule has 3 aromatic rings. The highest BCUT2D eigenvalue weighted by Crippen LogP contribution is 2.20. The number of rotatable bonds is 2. The van der Waals surface area contributed by atoms with Gasteiger partial charge in [0.15, 0.2) is 0 Å². The lowest BCUT2D eigenvalue weighted by molar-refractivity contribution is 0.0699. The van der Waals surface area contributed by atoms with Crippen molar-refractivity contribution in [3.8, 4) is 11.3 Å². The van der Waals surface area contributed by atoms with E-state index in [9.17, 15) is 4.79 Å². The lowest BCUT2D eigenvalue weighted by Crippen LogP contribution is -1.97. The van der Waals surface area contributed by atoms with Gasteiger partial charge in [-0.15, -0.1) is 0 Å². The number of carbonyl (C=O) groups is 1. The molecule has 0 aromatic carbocycles. The number of aryl methyl sites for hydroxylation is 1. The Balaban J connectivity index is 2.19. The molecule has 0 unspecified atom stereocenters. The fourth-order valence-electron chi connectivity index (χ4n) is 1.96. The van der Waals surface area contributed by atoms with Gasteiger partial charge in [-0.25, -0.2) is 9.31 Å². The lowest BCUT2D eigenvalue weighted by atomic mass is 10.2. The quantitative estimate of drug-likeness (QED) is 0.737. The summed E-state index contributed by atoms with van der Waals surface area (Å²) in [6.45, 7) is 0.